The quantitative estimate of drug-likeness (QED) is 0.0406. The Kier molecular flexibility index (Phi) is 14.1. The average molecular weight is 1000 g/mol. The molecule has 10 N–H and O–H groups in total. The maximum Gasteiger partial charge on any atom is 0.356 e. The monoisotopic (exact) mass is 1000 g/mol. The zero-order chi connectivity index (χ0) is 49.9. The second-order valence-corrected chi connectivity index (χ2v) is 17.6. The Labute approximate surface area is 379 Å². The van der Waals surface area contributed by atoms with Gasteiger partial charge in [0.2, 0.25) is 0 Å². The molecule has 0 atom stereocenters. The highest BCUT2D eigenvalue weighted by Gasteiger charge is 2.26. The summed E-state index contributed by atoms with van der Waals surface area (Å²) in [7, 11) is -14.9. The Morgan fingerprint density at radius 1 is 0.618 bits per heavy atom. The van der Waals surface area contributed by atoms with Gasteiger partial charge < -0.3 is 40.1 Å². The van der Waals surface area contributed by atoms with Gasteiger partial charge in [0.1, 0.15) is 58.1 Å². The Morgan fingerprint density at radius 2 is 1.18 bits per heavy atom. The van der Waals surface area contributed by atoms with Crippen molar-refractivity contribution in [3.05, 3.63) is 94.4 Å². The number of aromatic nitrogens is 2. The van der Waals surface area contributed by atoms with E-state index in [1.165, 1.54) is 0 Å². The number of aromatic carboxylic acids is 2. The lowest BCUT2D eigenvalue weighted by atomic mass is 10.1. The van der Waals surface area contributed by atoms with Crippen LogP contribution in [0.3, 0.4) is 0 Å². The summed E-state index contributed by atoms with van der Waals surface area (Å²) in [5, 5.41) is 84.7. The zero-order valence-electron chi connectivity index (χ0n) is 33.6. The molecule has 0 fully saturated rings. The first-order valence-electron chi connectivity index (χ1n) is 18.3. The summed E-state index contributed by atoms with van der Waals surface area (Å²) in [6.45, 7) is -1.99. The SMILES string of the molecule is O=C(O)c1cc(N=Nc2c(C(=O)O)[nH]n(-c3ccc(S(=O)(=O)O)cc3)c2=O)ccc1N=Nc1cc(OCCO)c(N=Nc2c(S(=O)(=O)O)cc3cc(S(=O)(=O)O)cc(O)c3c2O)cc1OCCO. The van der Waals surface area contributed by atoms with E-state index in [1.54, 1.807) is 0 Å². The van der Waals surface area contributed by atoms with Crippen LogP contribution in [0.4, 0.5) is 34.1 Å². The zero-order valence-corrected chi connectivity index (χ0v) is 36.1. The van der Waals surface area contributed by atoms with Gasteiger partial charge in [0.15, 0.2) is 17.1 Å². The van der Waals surface area contributed by atoms with Gasteiger partial charge in [-0.25, -0.2) is 14.3 Å². The molecule has 0 spiro atoms. The molecule has 0 aliphatic heterocycles. The number of aromatic hydroxyl groups is 2. The van der Waals surface area contributed by atoms with E-state index < -0.39 is 134 Å². The summed E-state index contributed by atoms with van der Waals surface area (Å²) >= 11 is 0. The molecule has 0 saturated carbocycles. The van der Waals surface area contributed by atoms with Crippen molar-refractivity contribution in [3.8, 4) is 28.7 Å². The average Bonchev–Trinajstić information content (AvgIpc) is 3.60. The molecule has 0 saturated heterocycles. The Bertz CT molecular complexity index is 3520. The molecule has 356 valence electrons. The summed E-state index contributed by atoms with van der Waals surface area (Å²) in [5.74, 6) is -5.94. The van der Waals surface area contributed by atoms with E-state index >= 15 is 0 Å². The van der Waals surface area contributed by atoms with Crippen LogP contribution in [0.25, 0.3) is 16.5 Å². The molecule has 1 heterocycles. The molecule has 6 rings (SSSR count). The standard InChI is InChI=1S/C37H30N8O20S3/c46-7-9-64-27-16-25(41-42-31-29(68(61,62)63)12-17-11-21(67(58,59)60)14-26(48)30(17)34(31)49)28(65-10-8-47)15-24(27)40-39-23-6-1-18(13-22(23)36(51)52)38-43-32-33(37(53)54)44-45(35(32)50)19-2-4-20(5-3-19)66(55,56)57/h1-6,11-16,44,46-49H,7-10H2,(H,51,52)(H,53,54)(H,55,56,57)(H,58,59,60)(H,61,62,63). The van der Waals surface area contributed by atoms with Crippen molar-refractivity contribution in [2.24, 2.45) is 30.7 Å². The van der Waals surface area contributed by atoms with Crippen LogP contribution >= 0.6 is 0 Å². The lowest BCUT2D eigenvalue weighted by Gasteiger charge is -2.13. The first-order valence-corrected chi connectivity index (χ1v) is 22.7. The summed E-state index contributed by atoms with van der Waals surface area (Å²) in [5.41, 5.74) is -5.41. The number of phenolic OH excluding ortho intramolecular Hbond substituents is 2. The highest BCUT2D eigenvalue weighted by molar-refractivity contribution is 7.86. The number of H-pyrrole nitrogens is 1. The van der Waals surface area contributed by atoms with Gasteiger partial charge in [0, 0.05) is 18.2 Å². The normalized spacial score (nSPS) is 12.4. The van der Waals surface area contributed by atoms with Crippen LogP contribution in [0.2, 0.25) is 0 Å². The third-order valence-electron chi connectivity index (χ3n) is 8.89. The molecule has 68 heavy (non-hydrogen) atoms. The minimum atomic E-state index is -5.31. The largest absolute Gasteiger partial charge is 0.507 e. The first-order chi connectivity index (χ1) is 31.9. The minimum absolute atomic E-state index is 0.0642. The number of aliphatic hydroxyl groups excluding tert-OH is 2. The number of carboxylic acid groups (broad SMARTS) is 2. The minimum Gasteiger partial charge on any atom is -0.507 e. The summed E-state index contributed by atoms with van der Waals surface area (Å²) in [4.78, 5) is 35.0. The van der Waals surface area contributed by atoms with Gasteiger partial charge in [-0.1, -0.05) is 0 Å². The van der Waals surface area contributed by atoms with Crippen molar-refractivity contribution in [1.29, 1.82) is 0 Å². The second kappa shape index (κ2) is 19.4. The van der Waals surface area contributed by atoms with E-state index in [0.29, 0.717) is 22.9 Å². The van der Waals surface area contributed by atoms with E-state index in [1.807, 2.05) is 0 Å². The predicted molar refractivity (Wildman–Crippen MR) is 228 cm³/mol. The molecule has 28 nitrogen and oxygen atoms in total. The molecule has 0 unspecified atom stereocenters. The van der Waals surface area contributed by atoms with Crippen molar-refractivity contribution in [2.45, 2.75) is 14.7 Å². The van der Waals surface area contributed by atoms with Crippen molar-refractivity contribution < 1.29 is 88.6 Å². The van der Waals surface area contributed by atoms with E-state index in [4.69, 9.17) is 9.47 Å². The number of hydrogen-bond donors (Lipinski definition) is 10. The topological polar surface area (TPSA) is 449 Å². The second-order valence-electron chi connectivity index (χ2n) is 13.4. The molecule has 0 radical (unpaired) electrons. The van der Waals surface area contributed by atoms with E-state index in [-0.39, 0.29) is 39.9 Å². The Morgan fingerprint density at radius 3 is 1.71 bits per heavy atom. The Balaban J connectivity index is 1.38. The number of fused-ring (bicyclic) bond motifs is 1. The molecule has 1 aromatic heterocycles. The molecule has 0 amide bonds. The number of ether oxygens (including phenoxy) is 2. The first kappa shape index (κ1) is 49.4. The van der Waals surface area contributed by atoms with Gasteiger partial charge in [0.05, 0.1) is 45.3 Å². The molecule has 0 aliphatic rings. The third kappa shape index (κ3) is 10.8. The number of rotatable bonds is 18. The van der Waals surface area contributed by atoms with Crippen molar-refractivity contribution in [1.82, 2.24) is 9.78 Å². The van der Waals surface area contributed by atoms with Gasteiger partial charge in [-0.15, -0.1) is 25.6 Å². The number of aliphatic hydroxyl groups is 2. The fourth-order valence-electron chi connectivity index (χ4n) is 5.90. The fraction of sp³-hybridized carbons (Fsp3) is 0.108. The van der Waals surface area contributed by atoms with Crippen LogP contribution in [-0.2, 0) is 30.4 Å². The van der Waals surface area contributed by atoms with Crippen molar-refractivity contribution >= 4 is 87.2 Å². The molecule has 0 aliphatic carbocycles. The molecule has 6 aromatic rings. The van der Waals surface area contributed by atoms with E-state index in [0.717, 1.165) is 54.6 Å². The predicted octanol–water partition coefficient (Wildman–Crippen LogP) is 4.85. The van der Waals surface area contributed by atoms with Crippen LogP contribution in [0.15, 0.2) is 123 Å². The lowest BCUT2D eigenvalue weighted by Crippen LogP contribution is -2.14. The number of carbonyl (C=O) groups is 2. The van der Waals surface area contributed by atoms with Crippen LogP contribution in [0.1, 0.15) is 20.8 Å². The Hall–Kier alpha value is -8.04. The van der Waals surface area contributed by atoms with Crippen LogP contribution in [0.5, 0.6) is 23.0 Å². The fourth-order valence-corrected chi connectivity index (χ4v) is 7.58. The maximum atomic E-state index is 13.2. The van der Waals surface area contributed by atoms with E-state index in [2.05, 4.69) is 35.8 Å². The van der Waals surface area contributed by atoms with E-state index in [9.17, 15) is 83.9 Å². The number of carboxylic acids is 2. The molecule has 0 bridgehead atoms. The van der Waals surface area contributed by atoms with Crippen molar-refractivity contribution in [2.75, 3.05) is 26.4 Å². The molecular weight excluding hydrogens is 973 g/mol. The highest BCUT2D eigenvalue weighted by Crippen LogP contribution is 2.47. The molecular formula is C37H30N8O20S3. The summed E-state index contributed by atoms with van der Waals surface area (Å²) in [6, 6.07) is 11.2. The number of hydrogen-bond acceptors (Lipinski definition) is 21. The van der Waals surface area contributed by atoms with Gasteiger partial charge in [-0.05, 0) is 60.0 Å². The summed E-state index contributed by atoms with van der Waals surface area (Å²) < 4.78 is 112. The smallest absolute Gasteiger partial charge is 0.356 e. The number of nitrogens with zero attached hydrogens (tertiary/aromatic N) is 7. The van der Waals surface area contributed by atoms with Crippen LogP contribution in [0, 0.1) is 0 Å². The highest BCUT2D eigenvalue weighted by atomic mass is 32.2. The van der Waals surface area contributed by atoms with Gasteiger partial charge >= 0.3 is 11.9 Å². The van der Waals surface area contributed by atoms with Crippen molar-refractivity contribution in [3.63, 3.8) is 0 Å². The maximum absolute atomic E-state index is 13.2. The number of benzene rings is 5. The van der Waals surface area contributed by atoms with Crippen LogP contribution < -0.4 is 15.0 Å². The molecule has 31 heteroatoms. The lowest BCUT2D eigenvalue weighted by molar-refractivity contribution is 0.0683. The molecule has 5 aromatic carbocycles. The number of phenols is 2. The van der Waals surface area contributed by atoms with Gasteiger partial charge in [-0.2, -0.15) is 30.4 Å². The van der Waals surface area contributed by atoms with Gasteiger partial charge in [-0.3, -0.25) is 23.6 Å². The third-order valence-corrected chi connectivity index (χ3v) is 11.5. The number of nitrogens with one attached hydrogen (secondary N) is 1. The number of azo groups is 3. The summed E-state index contributed by atoms with van der Waals surface area (Å²) in [6.07, 6.45) is 0. The number of aromatic amines is 1. The van der Waals surface area contributed by atoms with Gasteiger partial charge in [0.25, 0.3) is 35.9 Å². The van der Waals surface area contributed by atoms with Crippen LogP contribution in [-0.4, -0.2) is 118 Å².